The Morgan fingerprint density at radius 3 is 2.30 bits per heavy atom. The van der Waals surface area contributed by atoms with Crippen molar-refractivity contribution in [3.05, 3.63) is 53.9 Å². The highest BCUT2D eigenvalue weighted by Crippen LogP contribution is 2.37. The van der Waals surface area contributed by atoms with Gasteiger partial charge in [0.1, 0.15) is 12.4 Å². The van der Waals surface area contributed by atoms with Crippen LogP contribution < -0.4 is 10.2 Å². The number of fused-ring (bicyclic) bond motifs is 1. The Bertz CT molecular complexity index is 949. The number of benzene rings is 2. The Hall–Kier alpha value is -2.31. The lowest BCUT2D eigenvalue weighted by molar-refractivity contribution is 0.00578. The number of hydrogen-bond donors (Lipinski definition) is 0. The van der Waals surface area contributed by atoms with Crippen molar-refractivity contribution in [3.8, 4) is 5.75 Å². The number of aromatic nitrogens is 1. The third-order valence-electron chi connectivity index (χ3n) is 5.39. The Balaban J connectivity index is 1.67. The lowest BCUT2D eigenvalue weighted by Gasteiger charge is -2.32. The van der Waals surface area contributed by atoms with Crippen molar-refractivity contribution in [1.82, 2.24) is 4.98 Å². The molecule has 5 nitrogen and oxygen atoms in total. The summed E-state index contributed by atoms with van der Waals surface area (Å²) in [6.07, 6.45) is 0. The molecule has 140 valence electrons. The van der Waals surface area contributed by atoms with Crippen molar-refractivity contribution in [2.45, 2.75) is 52.4 Å². The van der Waals surface area contributed by atoms with Crippen LogP contribution in [0, 0.1) is 6.92 Å². The number of aryl methyl sites for hydroxylation is 1. The number of rotatable bonds is 4. The summed E-state index contributed by atoms with van der Waals surface area (Å²) in [6.45, 7) is 10.4. The second kappa shape index (κ2) is 6.39. The molecule has 27 heavy (non-hydrogen) atoms. The molecule has 1 aliphatic rings. The molecule has 2 heterocycles. The second-order valence-corrected chi connectivity index (χ2v) is 7.93. The quantitative estimate of drug-likeness (QED) is 0.654. The van der Waals surface area contributed by atoms with Crippen LogP contribution in [0.4, 0.5) is 0 Å². The summed E-state index contributed by atoms with van der Waals surface area (Å²) in [5.41, 5.74) is 2.44. The van der Waals surface area contributed by atoms with Crippen LogP contribution in [0.15, 0.2) is 46.9 Å². The molecule has 0 amide bonds. The van der Waals surface area contributed by atoms with Gasteiger partial charge in [-0.15, -0.1) is 0 Å². The number of ether oxygens (including phenoxy) is 1. The van der Waals surface area contributed by atoms with Gasteiger partial charge >= 0.3 is 7.12 Å². The van der Waals surface area contributed by atoms with E-state index in [4.69, 9.17) is 18.5 Å². The van der Waals surface area contributed by atoms with Crippen LogP contribution in [0.1, 0.15) is 39.1 Å². The van der Waals surface area contributed by atoms with Crippen molar-refractivity contribution in [1.29, 1.82) is 0 Å². The van der Waals surface area contributed by atoms with E-state index in [9.17, 15) is 0 Å². The first-order chi connectivity index (χ1) is 12.8. The maximum atomic E-state index is 6.19. The molecule has 3 aromatic rings. The van der Waals surface area contributed by atoms with Crippen LogP contribution in [0.25, 0.3) is 11.1 Å². The summed E-state index contributed by atoms with van der Waals surface area (Å²) in [4.78, 5) is 4.53. The molecule has 2 aromatic carbocycles. The Labute approximate surface area is 159 Å². The predicted molar refractivity (Wildman–Crippen MR) is 105 cm³/mol. The van der Waals surface area contributed by atoms with E-state index < -0.39 is 18.3 Å². The van der Waals surface area contributed by atoms with Crippen molar-refractivity contribution < 1.29 is 18.5 Å². The van der Waals surface area contributed by atoms with Crippen molar-refractivity contribution >= 4 is 23.7 Å². The molecule has 4 rings (SSSR count). The second-order valence-electron chi connectivity index (χ2n) is 7.93. The van der Waals surface area contributed by atoms with E-state index >= 15 is 0 Å². The van der Waals surface area contributed by atoms with Gasteiger partial charge in [0.2, 0.25) is 0 Å². The SMILES string of the molecule is Cc1nc2c(OCc3ccccc3)ccc(B3OC(C)(C)C(C)(C)O3)c2o1. The molecule has 0 spiro atoms. The van der Waals surface area contributed by atoms with Gasteiger partial charge in [0.05, 0.1) is 11.2 Å². The monoisotopic (exact) mass is 365 g/mol. The van der Waals surface area contributed by atoms with Gasteiger partial charge in [-0.05, 0) is 39.3 Å². The fourth-order valence-corrected chi connectivity index (χ4v) is 3.12. The molecule has 0 radical (unpaired) electrons. The third-order valence-corrected chi connectivity index (χ3v) is 5.39. The zero-order valence-corrected chi connectivity index (χ0v) is 16.4. The average molecular weight is 365 g/mol. The van der Waals surface area contributed by atoms with Gasteiger partial charge in [-0.3, -0.25) is 0 Å². The minimum Gasteiger partial charge on any atom is -0.486 e. The number of nitrogens with zero attached hydrogens (tertiary/aromatic N) is 1. The highest BCUT2D eigenvalue weighted by atomic mass is 16.7. The van der Waals surface area contributed by atoms with Gasteiger partial charge in [0.15, 0.2) is 17.0 Å². The summed E-state index contributed by atoms with van der Waals surface area (Å²) in [5.74, 6) is 1.27. The van der Waals surface area contributed by atoms with Crippen LogP contribution in [0.5, 0.6) is 5.75 Å². The molecule has 0 saturated carbocycles. The summed E-state index contributed by atoms with van der Waals surface area (Å²) < 4.78 is 24.3. The van der Waals surface area contributed by atoms with E-state index in [1.807, 2.05) is 77.1 Å². The first-order valence-electron chi connectivity index (χ1n) is 9.19. The van der Waals surface area contributed by atoms with Gasteiger partial charge in [-0.2, -0.15) is 0 Å². The Morgan fingerprint density at radius 1 is 0.963 bits per heavy atom. The van der Waals surface area contributed by atoms with Crippen LogP contribution in [0.3, 0.4) is 0 Å². The highest BCUT2D eigenvalue weighted by molar-refractivity contribution is 6.64. The zero-order chi connectivity index (χ0) is 19.2. The summed E-state index contributed by atoms with van der Waals surface area (Å²) >= 11 is 0. The van der Waals surface area contributed by atoms with Gasteiger partial charge < -0.3 is 18.5 Å². The molecule has 0 N–H and O–H groups in total. The summed E-state index contributed by atoms with van der Waals surface area (Å²) in [5, 5.41) is 0. The van der Waals surface area contributed by atoms with E-state index in [1.54, 1.807) is 0 Å². The molecule has 1 aliphatic heterocycles. The molecule has 0 atom stereocenters. The molecule has 0 bridgehead atoms. The maximum absolute atomic E-state index is 6.19. The first kappa shape index (κ1) is 18.1. The minimum atomic E-state index is -0.506. The van der Waals surface area contributed by atoms with Crippen LogP contribution in [-0.4, -0.2) is 23.3 Å². The van der Waals surface area contributed by atoms with E-state index in [0.29, 0.717) is 29.3 Å². The number of oxazole rings is 1. The van der Waals surface area contributed by atoms with Crippen molar-refractivity contribution in [2.24, 2.45) is 0 Å². The van der Waals surface area contributed by atoms with E-state index in [-0.39, 0.29) is 0 Å². The minimum absolute atomic E-state index is 0.415. The van der Waals surface area contributed by atoms with Gasteiger partial charge in [-0.1, -0.05) is 36.4 Å². The van der Waals surface area contributed by atoms with E-state index in [0.717, 1.165) is 11.0 Å². The Morgan fingerprint density at radius 2 is 1.63 bits per heavy atom. The zero-order valence-electron chi connectivity index (χ0n) is 16.4. The van der Waals surface area contributed by atoms with Gasteiger partial charge in [0, 0.05) is 12.4 Å². The normalized spacial score (nSPS) is 18.2. The lowest BCUT2D eigenvalue weighted by Crippen LogP contribution is -2.41. The summed E-state index contributed by atoms with van der Waals surface area (Å²) in [7, 11) is -0.506. The standard InChI is InChI=1S/C21H24BNO4/c1-14-23-18-17(24-13-15-9-7-6-8-10-15)12-11-16(19(18)25-14)22-26-20(2,3)21(4,5)27-22/h6-12H,13H2,1-5H3. The first-order valence-corrected chi connectivity index (χ1v) is 9.19. The van der Waals surface area contributed by atoms with E-state index in [2.05, 4.69) is 4.98 Å². The molecule has 1 fully saturated rings. The molecule has 1 saturated heterocycles. The van der Waals surface area contributed by atoms with Crippen molar-refractivity contribution in [3.63, 3.8) is 0 Å². The van der Waals surface area contributed by atoms with Gasteiger partial charge in [0.25, 0.3) is 0 Å². The molecule has 0 unspecified atom stereocenters. The molecule has 0 aliphatic carbocycles. The fourth-order valence-electron chi connectivity index (χ4n) is 3.12. The van der Waals surface area contributed by atoms with Crippen LogP contribution >= 0.6 is 0 Å². The summed E-state index contributed by atoms with van der Waals surface area (Å²) in [6, 6.07) is 13.9. The highest BCUT2D eigenvalue weighted by Gasteiger charge is 2.52. The maximum Gasteiger partial charge on any atom is 0.498 e. The van der Waals surface area contributed by atoms with Crippen LogP contribution in [-0.2, 0) is 15.9 Å². The molecular formula is C21H24BNO4. The third kappa shape index (κ3) is 3.24. The topological polar surface area (TPSA) is 53.7 Å². The van der Waals surface area contributed by atoms with E-state index in [1.165, 1.54) is 0 Å². The predicted octanol–water partition coefficient (Wildman–Crippen LogP) is 4.01. The van der Waals surface area contributed by atoms with Crippen LogP contribution in [0.2, 0.25) is 0 Å². The fraction of sp³-hybridized carbons (Fsp3) is 0.381. The Kier molecular flexibility index (Phi) is 4.28. The van der Waals surface area contributed by atoms with Crippen molar-refractivity contribution in [2.75, 3.05) is 0 Å². The smallest absolute Gasteiger partial charge is 0.486 e. The lowest BCUT2D eigenvalue weighted by atomic mass is 9.78. The average Bonchev–Trinajstić information content (AvgIpc) is 3.10. The van der Waals surface area contributed by atoms with Gasteiger partial charge in [-0.25, -0.2) is 4.98 Å². The molecule has 6 heteroatoms. The molecular weight excluding hydrogens is 341 g/mol. The number of hydrogen-bond acceptors (Lipinski definition) is 5. The largest absolute Gasteiger partial charge is 0.498 e. The molecule has 1 aromatic heterocycles.